The van der Waals surface area contributed by atoms with E-state index in [1.807, 2.05) is 19.2 Å². The molecule has 0 spiro atoms. The Balaban J connectivity index is 2.72. The van der Waals surface area contributed by atoms with E-state index in [1.54, 1.807) is 6.20 Å². The van der Waals surface area contributed by atoms with Crippen LogP contribution < -0.4 is 4.74 Å². The average Bonchev–Trinajstić information content (AvgIpc) is 2.25. The summed E-state index contributed by atoms with van der Waals surface area (Å²) in [6, 6.07) is 1.96. The second-order valence-electron chi connectivity index (χ2n) is 4.65. The monoisotopic (exact) mass is 241 g/mol. The van der Waals surface area contributed by atoms with Crippen molar-refractivity contribution in [3.8, 4) is 5.75 Å². The molecule has 1 heterocycles. The van der Waals surface area contributed by atoms with Crippen LogP contribution in [0, 0.1) is 0 Å². The van der Waals surface area contributed by atoms with Gasteiger partial charge in [-0.2, -0.15) is 0 Å². The first kappa shape index (κ1) is 13.2. The molecule has 90 valence electrons. The van der Waals surface area contributed by atoms with Gasteiger partial charge in [0.15, 0.2) is 5.94 Å². The third kappa shape index (κ3) is 3.93. The Labute approximate surface area is 99.7 Å². The lowest BCUT2D eigenvalue weighted by atomic mass is 9.88. The second-order valence-corrected chi connectivity index (χ2v) is 6.34. The van der Waals surface area contributed by atoms with Crippen LogP contribution in [-0.4, -0.2) is 20.9 Å². The zero-order valence-corrected chi connectivity index (χ0v) is 11.1. The Kier molecular flexibility index (Phi) is 4.47. The molecule has 0 aliphatic heterocycles. The summed E-state index contributed by atoms with van der Waals surface area (Å²) >= 11 is 0. The molecule has 0 saturated heterocycles. The van der Waals surface area contributed by atoms with Gasteiger partial charge in [-0.3, -0.25) is 9.19 Å². The third-order valence-corrected chi connectivity index (χ3v) is 3.28. The van der Waals surface area contributed by atoms with E-state index in [2.05, 4.69) is 25.8 Å². The van der Waals surface area contributed by atoms with E-state index in [-0.39, 0.29) is 11.4 Å². The van der Waals surface area contributed by atoms with Crippen LogP contribution in [0.1, 0.15) is 33.3 Å². The van der Waals surface area contributed by atoms with Crippen molar-refractivity contribution in [3.63, 3.8) is 0 Å². The minimum atomic E-state index is -0.905. The summed E-state index contributed by atoms with van der Waals surface area (Å²) in [6.45, 7) is 8.25. The SMILES string of the molecule is CCS(=O)COc1cncc(C(C)(C)C)c1. The summed E-state index contributed by atoms with van der Waals surface area (Å²) in [5.41, 5.74) is 1.17. The lowest BCUT2D eigenvalue weighted by Crippen LogP contribution is -2.12. The van der Waals surface area contributed by atoms with Gasteiger partial charge in [-0.1, -0.05) is 27.7 Å². The fourth-order valence-electron chi connectivity index (χ4n) is 1.13. The van der Waals surface area contributed by atoms with Crippen LogP contribution in [0.25, 0.3) is 0 Å². The van der Waals surface area contributed by atoms with Gasteiger partial charge < -0.3 is 4.74 Å². The molecule has 1 aromatic rings. The molecule has 0 amide bonds. The molecule has 0 bridgehead atoms. The van der Waals surface area contributed by atoms with Crippen LogP contribution in [0.4, 0.5) is 0 Å². The highest BCUT2D eigenvalue weighted by Gasteiger charge is 2.14. The maximum Gasteiger partial charge on any atom is 0.163 e. The first-order chi connectivity index (χ1) is 7.43. The summed E-state index contributed by atoms with van der Waals surface area (Å²) in [4.78, 5) is 4.13. The van der Waals surface area contributed by atoms with Crippen molar-refractivity contribution in [1.29, 1.82) is 0 Å². The van der Waals surface area contributed by atoms with Crippen LogP contribution in [0.2, 0.25) is 0 Å². The van der Waals surface area contributed by atoms with Crippen LogP contribution in [0.15, 0.2) is 18.5 Å². The van der Waals surface area contributed by atoms with E-state index >= 15 is 0 Å². The quantitative estimate of drug-likeness (QED) is 0.813. The second kappa shape index (κ2) is 5.43. The molecular formula is C12H19NO2S. The maximum atomic E-state index is 11.2. The van der Waals surface area contributed by atoms with Gasteiger partial charge in [0.05, 0.1) is 17.0 Å². The average molecular weight is 241 g/mol. The largest absolute Gasteiger partial charge is 0.479 e. The van der Waals surface area contributed by atoms with Gasteiger partial charge in [0.1, 0.15) is 5.75 Å². The molecule has 0 N–H and O–H groups in total. The number of rotatable bonds is 4. The zero-order valence-electron chi connectivity index (χ0n) is 10.3. The van der Waals surface area contributed by atoms with Gasteiger partial charge in [0.2, 0.25) is 0 Å². The molecule has 16 heavy (non-hydrogen) atoms. The molecule has 1 rings (SSSR count). The van der Waals surface area contributed by atoms with Gasteiger partial charge in [-0.15, -0.1) is 0 Å². The van der Waals surface area contributed by atoms with Crippen molar-refractivity contribution in [2.45, 2.75) is 33.1 Å². The summed E-state index contributed by atoms with van der Waals surface area (Å²) in [5.74, 6) is 1.55. The highest BCUT2D eigenvalue weighted by molar-refractivity contribution is 7.84. The Bertz CT molecular complexity index is 372. The molecule has 0 saturated carbocycles. The van der Waals surface area contributed by atoms with Gasteiger partial charge in [0, 0.05) is 11.9 Å². The van der Waals surface area contributed by atoms with Crippen molar-refractivity contribution >= 4 is 10.8 Å². The standard InChI is InChI=1S/C12H19NO2S/c1-5-16(14)9-15-11-6-10(7-13-8-11)12(2,3)4/h6-8H,5,9H2,1-4H3. The molecule has 0 aliphatic rings. The summed E-state index contributed by atoms with van der Waals surface area (Å²) in [7, 11) is -0.905. The smallest absolute Gasteiger partial charge is 0.163 e. The number of pyridine rings is 1. The maximum absolute atomic E-state index is 11.2. The van der Waals surface area contributed by atoms with E-state index in [9.17, 15) is 4.21 Å². The minimum absolute atomic E-state index is 0.0519. The number of aromatic nitrogens is 1. The molecule has 4 heteroatoms. The number of nitrogens with zero attached hydrogens (tertiary/aromatic N) is 1. The Morgan fingerprint density at radius 1 is 1.38 bits per heavy atom. The zero-order chi connectivity index (χ0) is 12.2. The molecule has 1 unspecified atom stereocenters. The van der Waals surface area contributed by atoms with E-state index < -0.39 is 10.8 Å². The van der Waals surface area contributed by atoms with Crippen LogP contribution in [-0.2, 0) is 16.2 Å². The molecule has 0 aromatic carbocycles. The molecule has 3 nitrogen and oxygen atoms in total. The van der Waals surface area contributed by atoms with E-state index in [0.717, 1.165) is 5.56 Å². The fourth-order valence-corrected chi connectivity index (χ4v) is 1.56. The van der Waals surface area contributed by atoms with Crippen molar-refractivity contribution in [1.82, 2.24) is 4.98 Å². The topological polar surface area (TPSA) is 39.2 Å². The van der Waals surface area contributed by atoms with Crippen LogP contribution >= 0.6 is 0 Å². The van der Waals surface area contributed by atoms with E-state index in [4.69, 9.17) is 4.74 Å². The fraction of sp³-hybridized carbons (Fsp3) is 0.583. The van der Waals surface area contributed by atoms with Crippen molar-refractivity contribution in [2.24, 2.45) is 0 Å². The Hall–Kier alpha value is -0.900. The molecular weight excluding hydrogens is 222 g/mol. The number of hydrogen-bond acceptors (Lipinski definition) is 3. The highest BCUT2D eigenvalue weighted by atomic mass is 32.2. The van der Waals surface area contributed by atoms with Crippen molar-refractivity contribution in [2.75, 3.05) is 11.7 Å². The predicted molar refractivity (Wildman–Crippen MR) is 67.1 cm³/mol. The molecule has 1 aromatic heterocycles. The molecule has 0 radical (unpaired) electrons. The predicted octanol–water partition coefficient (Wildman–Crippen LogP) is 2.48. The third-order valence-electron chi connectivity index (χ3n) is 2.26. The van der Waals surface area contributed by atoms with Gasteiger partial charge in [0.25, 0.3) is 0 Å². The first-order valence-corrected chi connectivity index (χ1v) is 6.85. The van der Waals surface area contributed by atoms with Crippen molar-refractivity contribution in [3.05, 3.63) is 24.0 Å². The van der Waals surface area contributed by atoms with Crippen LogP contribution in [0.3, 0.4) is 0 Å². The van der Waals surface area contributed by atoms with Gasteiger partial charge in [-0.05, 0) is 17.0 Å². The summed E-state index contributed by atoms with van der Waals surface area (Å²) in [6.07, 6.45) is 3.49. The lowest BCUT2D eigenvalue weighted by Gasteiger charge is -2.19. The molecule has 0 fully saturated rings. The van der Waals surface area contributed by atoms with Gasteiger partial charge in [-0.25, -0.2) is 0 Å². The summed E-state index contributed by atoms with van der Waals surface area (Å²) < 4.78 is 16.7. The van der Waals surface area contributed by atoms with E-state index in [0.29, 0.717) is 11.5 Å². The number of hydrogen-bond donors (Lipinski definition) is 0. The highest BCUT2D eigenvalue weighted by Crippen LogP contribution is 2.24. The summed E-state index contributed by atoms with van der Waals surface area (Å²) in [5, 5.41) is 0. The molecule has 1 atom stereocenters. The van der Waals surface area contributed by atoms with Crippen LogP contribution in [0.5, 0.6) is 5.75 Å². The Morgan fingerprint density at radius 3 is 2.62 bits per heavy atom. The van der Waals surface area contributed by atoms with E-state index in [1.165, 1.54) is 0 Å². The first-order valence-electron chi connectivity index (χ1n) is 5.37. The Morgan fingerprint density at radius 2 is 2.06 bits per heavy atom. The number of ether oxygens (including phenoxy) is 1. The van der Waals surface area contributed by atoms with Crippen molar-refractivity contribution < 1.29 is 8.95 Å². The lowest BCUT2D eigenvalue weighted by molar-refractivity contribution is 0.383. The normalized spacial score (nSPS) is 13.5. The minimum Gasteiger partial charge on any atom is -0.479 e. The molecule has 0 aliphatic carbocycles. The van der Waals surface area contributed by atoms with Gasteiger partial charge >= 0.3 is 0 Å².